The highest BCUT2D eigenvalue weighted by atomic mass is 32.2. The van der Waals surface area contributed by atoms with Crippen molar-refractivity contribution in [2.24, 2.45) is 4.99 Å². The molecule has 0 saturated carbocycles. The van der Waals surface area contributed by atoms with Crippen LogP contribution in [0.3, 0.4) is 0 Å². The van der Waals surface area contributed by atoms with E-state index in [1.807, 2.05) is 41.9 Å². The van der Waals surface area contributed by atoms with E-state index in [0.717, 1.165) is 34.7 Å². The maximum atomic E-state index is 10.2. The summed E-state index contributed by atoms with van der Waals surface area (Å²) in [4.78, 5) is 8.57. The molecule has 0 radical (unpaired) electrons. The van der Waals surface area contributed by atoms with Crippen molar-refractivity contribution in [3.05, 3.63) is 65.1 Å². The van der Waals surface area contributed by atoms with Gasteiger partial charge in [0.1, 0.15) is 18.5 Å². The number of benzene rings is 1. The normalized spacial score (nSPS) is 16.5. The second kappa shape index (κ2) is 8.13. The van der Waals surface area contributed by atoms with Crippen LogP contribution in [0.1, 0.15) is 29.8 Å². The summed E-state index contributed by atoms with van der Waals surface area (Å²) in [6.45, 7) is 2.26. The van der Waals surface area contributed by atoms with Gasteiger partial charge in [-0.1, -0.05) is 25.1 Å². The molecule has 124 valence electrons. The quantitative estimate of drug-likeness (QED) is 0.867. The Balaban J connectivity index is 1.55. The van der Waals surface area contributed by atoms with Gasteiger partial charge in [-0.2, -0.15) is 0 Å². The number of hydrogen-bond donors (Lipinski definition) is 1. The molecule has 1 aromatic heterocycles. The van der Waals surface area contributed by atoms with Crippen molar-refractivity contribution in [2.45, 2.75) is 19.4 Å². The van der Waals surface area contributed by atoms with E-state index >= 15 is 0 Å². The lowest BCUT2D eigenvalue weighted by Gasteiger charge is -2.12. The van der Waals surface area contributed by atoms with Crippen LogP contribution in [0.5, 0.6) is 5.75 Å². The standard InChI is InChI=1S/C19H20N2O2S/c1-2-14-5-8-18(20-10-14)19(22)11-23-17-6-3-15(4-7-17)9-16-12-24-13-21-16/h3-10,13,19,22H,2,11-12H2,1H3. The fourth-order valence-electron chi connectivity index (χ4n) is 2.30. The van der Waals surface area contributed by atoms with Gasteiger partial charge in [0.05, 0.1) is 16.9 Å². The minimum absolute atomic E-state index is 0.180. The Morgan fingerprint density at radius 2 is 2.08 bits per heavy atom. The lowest BCUT2D eigenvalue weighted by Crippen LogP contribution is -2.11. The lowest BCUT2D eigenvalue weighted by atomic mass is 10.1. The van der Waals surface area contributed by atoms with Crippen molar-refractivity contribution in [1.29, 1.82) is 0 Å². The van der Waals surface area contributed by atoms with Crippen molar-refractivity contribution in [3.63, 3.8) is 0 Å². The van der Waals surface area contributed by atoms with E-state index < -0.39 is 6.10 Å². The molecule has 1 aliphatic heterocycles. The molecule has 1 N–H and O–H groups in total. The Hall–Kier alpha value is -2.11. The van der Waals surface area contributed by atoms with Gasteiger partial charge in [-0.05, 0) is 41.8 Å². The Morgan fingerprint density at radius 3 is 2.71 bits per heavy atom. The van der Waals surface area contributed by atoms with E-state index in [-0.39, 0.29) is 6.61 Å². The summed E-state index contributed by atoms with van der Waals surface area (Å²) < 4.78 is 5.66. The van der Waals surface area contributed by atoms with Gasteiger partial charge in [-0.25, -0.2) is 0 Å². The Kier molecular flexibility index (Phi) is 5.67. The predicted octanol–water partition coefficient (Wildman–Crippen LogP) is 3.87. The highest BCUT2D eigenvalue weighted by molar-refractivity contribution is 8.12. The zero-order chi connectivity index (χ0) is 16.8. The molecule has 0 aliphatic carbocycles. The Labute approximate surface area is 146 Å². The van der Waals surface area contributed by atoms with Gasteiger partial charge >= 0.3 is 0 Å². The van der Waals surface area contributed by atoms with Gasteiger partial charge in [0.25, 0.3) is 0 Å². The summed E-state index contributed by atoms with van der Waals surface area (Å²) in [5.41, 5.74) is 5.82. The molecule has 1 aliphatic rings. The van der Waals surface area contributed by atoms with Crippen LogP contribution in [0.4, 0.5) is 0 Å². The minimum atomic E-state index is -0.734. The van der Waals surface area contributed by atoms with Crippen LogP contribution in [0.15, 0.2) is 53.3 Å². The molecule has 4 nitrogen and oxygen atoms in total. The first-order valence-corrected chi connectivity index (χ1v) is 9.00. The maximum absolute atomic E-state index is 10.2. The number of rotatable bonds is 6. The van der Waals surface area contributed by atoms with E-state index in [2.05, 4.69) is 23.0 Å². The number of nitrogens with zero attached hydrogens (tertiary/aromatic N) is 2. The first-order chi connectivity index (χ1) is 11.7. The topological polar surface area (TPSA) is 54.7 Å². The summed E-state index contributed by atoms with van der Waals surface area (Å²) >= 11 is 1.70. The Morgan fingerprint density at radius 1 is 1.25 bits per heavy atom. The molecule has 1 unspecified atom stereocenters. The third-order valence-electron chi connectivity index (χ3n) is 3.74. The Bertz CT molecular complexity index is 724. The zero-order valence-electron chi connectivity index (χ0n) is 13.6. The summed E-state index contributed by atoms with van der Waals surface area (Å²) in [5.74, 6) is 1.65. The van der Waals surface area contributed by atoms with E-state index in [4.69, 9.17) is 4.74 Å². The number of aliphatic hydroxyl groups excluding tert-OH is 1. The molecule has 0 spiro atoms. The van der Waals surface area contributed by atoms with Gasteiger partial charge in [-0.3, -0.25) is 9.98 Å². The third-order valence-corrected chi connectivity index (χ3v) is 4.46. The molecule has 2 aromatic rings. The predicted molar refractivity (Wildman–Crippen MR) is 99.4 cm³/mol. The third kappa shape index (κ3) is 4.46. The fourth-order valence-corrected chi connectivity index (χ4v) is 2.91. The van der Waals surface area contributed by atoms with Crippen molar-refractivity contribution < 1.29 is 9.84 Å². The number of aromatic nitrogens is 1. The van der Waals surface area contributed by atoms with Crippen LogP contribution in [-0.4, -0.2) is 28.0 Å². The van der Waals surface area contributed by atoms with Crippen molar-refractivity contribution in [1.82, 2.24) is 4.98 Å². The van der Waals surface area contributed by atoms with Crippen LogP contribution in [0.2, 0.25) is 0 Å². The highest BCUT2D eigenvalue weighted by Gasteiger charge is 2.10. The molecular weight excluding hydrogens is 320 g/mol. The first kappa shape index (κ1) is 16.7. The SMILES string of the molecule is CCc1ccc(C(O)COc2ccc(C=C3CSC=N3)cc2)nc1. The molecule has 2 heterocycles. The molecule has 0 fully saturated rings. The molecule has 0 saturated heterocycles. The van der Waals surface area contributed by atoms with Crippen LogP contribution in [0.25, 0.3) is 6.08 Å². The van der Waals surface area contributed by atoms with Gasteiger partial charge < -0.3 is 9.84 Å². The molecule has 24 heavy (non-hydrogen) atoms. The van der Waals surface area contributed by atoms with E-state index in [1.54, 1.807) is 18.0 Å². The van der Waals surface area contributed by atoms with E-state index in [1.165, 1.54) is 0 Å². The van der Waals surface area contributed by atoms with Crippen molar-refractivity contribution in [3.8, 4) is 5.75 Å². The molecule has 1 aromatic carbocycles. The lowest BCUT2D eigenvalue weighted by molar-refractivity contribution is 0.104. The zero-order valence-corrected chi connectivity index (χ0v) is 14.4. The molecule has 1 atom stereocenters. The van der Waals surface area contributed by atoms with Gasteiger partial charge in [0.2, 0.25) is 0 Å². The number of aryl methyl sites for hydroxylation is 1. The summed E-state index contributed by atoms with van der Waals surface area (Å²) in [6.07, 6.45) is 4.06. The van der Waals surface area contributed by atoms with Crippen LogP contribution < -0.4 is 4.74 Å². The van der Waals surface area contributed by atoms with Crippen LogP contribution >= 0.6 is 11.8 Å². The molecular formula is C19H20N2O2S. The number of ether oxygens (including phenoxy) is 1. The van der Waals surface area contributed by atoms with Crippen molar-refractivity contribution >= 4 is 23.4 Å². The number of aliphatic imine (C=N–C) groups is 1. The largest absolute Gasteiger partial charge is 0.490 e. The average Bonchev–Trinajstić information content (AvgIpc) is 3.14. The molecule has 0 amide bonds. The molecule has 5 heteroatoms. The summed E-state index contributed by atoms with van der Waals surface area (Å²) in [5, 5.41) is 10.2. The smallest absolute Gasteiger partial charge is 0.130 e. The maximum Gasteiger partial charge on any atom is 0.130 e. The van der Waals surface area contributed by atoms with Gasteiger partial charge in [-0.15, -0.1) is 11.8 Å². The number of aliphatic hydroxyl groups is 1. The summed E-state index contributed by atoms with van der Waals surface area (Å²) in [6, 6.07) is 11.6. The minimum Gasteiger partial charge on any atom is -0.490 e. The summed E-state index contributed by atoms with van der Waals surface area (Å²) in [7, 11) is 0. The highest BCUT2D eigenvalue weighted by Crippen LogP contribution is 2.21. The number of pyridine rings is 1. The first-order valence-electron chi connectivity index (χ1n) is 7.95. The number of hydrogen-bond acceptors (Lipinski definition) is 5. The molecule has 0 bridgehead atoms. The van der Waals surface area contributed by atoms with E-state index in [0.29, 0.717) is 5.69 Å². The van der Waals surface area contributed by atoms with Crippen LogP contribution in [0, 0.1) is 0 Å². The average molecular weight is 340 g/mol. The van der Waals surface area contributed by atoms with Gasteiger partial charge in [0.15, 0.2) is 0 Å². The molecule has 3 rings (SSSR count). The van der Waals surface area contributed by atoms with Gasteiger partial charge in [0, 0.05) is 11.9 Å². The van der Waals surface area contributed by atoms with Crippen molar-refractivity contribution in [2.75, 3.05) is 12.4 Å². The van der Waals surface area contributed by atoms with E-state index in [9.17, 15) is 5.11 Å². The van der Waals surface area contributed by atoms with Crippen LogP contribution in [-0.2, 0) is 6.42 Å². The second-order valence-corrected chi connectivity index (χ2v) is 6.35. The monoisotopic (exact) mass is 340 g/mol. The number of thioether (sulfide) groups is 1. The second-order valence-electron chi connectivity index (χ2n) is 5.52. The fraction of sp³-hybridized carbons (Fsp3) is 0.263.